The molecule has 1 aliphatic carbocycles. The van der Waals surface area contributed by atoms with E-state index in [-0.39, 0.29) is 17.9 Å². The van der Waals surface area contributed by atoms with E-state index in [4.69, 9.17) is 8.83 Å². The Balaban J connectivity index is 1.48. The summed E-state index contributed by atoms with van der Waals surface area (Å²) in [6.07, 6.45) is 5.91. The zero-order valence-electron chi connectivity index (χ0n) is 14.5. The molecule has 2 aromatic rings. The van der Waals surface area contributed by atoms with Gasteiger partial charge < -0.3 is 18.6 Å². The fraction of sp³-hybridized carbons (Fsp3) is 0.474. The first kappa shape index (κ1) is 16.0. The van der Waals surface area contributed by atoms with E-state index in [0.717, 1.165) is 30.8 Å². The smallest absolute Gasteiger partial charge is 0.257 e. The lowest BCUT2D eigenvalue weighted by Crippen LogP contribution is -2.44. The first-order valence-electron chi connectivity index (χ1n) is 8.75. The van der Waals surface area contributed by atoms with Crippen LogP contribution in [0.3, 0.4) is 0 Å². The first-order chi connectivity index (χ1) is 12.0. The SMILES string of the molecule is Cc1cc(C(=O)N2CC[C@@H](N(C(=O)c3coc(C)c3)C3CC3)C2)co1. The molecule has 0 aromatic carbocycles. The van der Waals surface area contributed by atoms with E-state index < -0.39 is 0 Å². The third kappa shape index (κ3) is 3.08. The lowest BCUT2D eigenvalue weighted by Gasteiger charge is -2.29. The van der Waals surface area contributed by atoms with Gasteiger partial charge in [-0.25, -0.2) is 0 Å². The molecule has 1 saturated heterocycles. The average Bonchev–Trinajstić information content (AvgIpc) is 2.99. The molecule has 2 aromatic heterocycles. The van der Waals surface area contributed by atoms with Crippen molar-refractivity contribution < 1.29 is 18.4 Å². The van der Waals surface area contributed by atoms with Crippen LogP contribution < -0.4 is 0 Å². The Kier molecular flexibility index (Phi) is 3.90. The Labute approximate surface area is 146 Å². The second-order valence-corrected chi connectivity index (χ2v) is 7.03. The molecule has 1 saturated carbocycles. The van der Waals surface area contributed by atoms with Crippen molar-refractivity contribution in [2.75, 3.05) is 13.1 Å². The van der Waals surface area contributed by atoms with Crippen LogP contribution >= 0.6 is 0 Å². The van der Waals surface area contributed by atoms with Gasteiger partial charge in [-0.15, -0.1) is 0 Å². The minimum Gasteiger partial charge on any atom is -0.469 e. The largest absolute Gasteiger partial charge is 0.469 e. The average molecular weight is 342 g/mol. The van der Waals surface area contributed by atoms with Crippen LogP contribution in [0.1, 0.15) is 51.5 Å². The van der Waals surface area contributed by atoms with Gasteiger partial charge in [0.2, 0.25) is 0 Å². The molecule has 3 heterocycles. The summed E-state index contributed by atoms with van der Waals surface area (Å²) < 4.78 is 10.5. The number of likely N-dealkylation sites (tertiary alicyclic amines) is 1. The molecular formula is C19H22N2O4. The molecule has 0 unspecified atom stereocenters. The Morgan fingerprint density at radius 1 is 1.00 bits per heavy atom. The summed E-state index contributed by atoms with van der Waals surface area (Å²) in [6.45, 7) is 4.89. The first-order valence-corrected chi connectivity index (χ1v) is 8.75. The van der Waals surface area contributed by atoms with Crippen molar-refractivity contribution in [2.24, 2.45) is 0 Å². The maximum absolute atomic E-state index is 12.9. The van der Waals surface area contributed by atoms with Crippen LogP contribution in [0.15, 0.2) is 33.5 Å². The Hall–Kier alpha value is -2.50. The van der Waals surface area contributed by atoms with Crippen molar-refractivity contribution in [2.45, 2.75) is 45.2 Å². The van der Waals surface area contributed by atoms with Crippen molar-refractivity contribution in [1.29, 1.82) is 0 Å². The number of nitrogens with zero attached hydrogens (tertiary/aromatic N) is 2. The molecule has 2 fully saturated rings. The molecular weight excluding hydrogens is 320 g/mol. The fourth-order valence-electron chi connectivity index (χ4n) is 3.58. The van der Waals surface area contributed by atoms with Crippen LogP contribution in [-0.4, -0.2) is 46.8 Å². The predicted octanol–water partition coefficient (Wildman–Crippen LogP) is 3.01. The van der Waals surface area contributed by atoms with E-state index in [1.807, 2.05) is 23.6 Å². The predicted molar refractivity (Wildman–Crippen MR) is 90.4 cm³/mol. The third-order valence-electron chi connectivity index (χ3n) is 4.97. The van der Waals surface area contributed by atoms with Gasteiger partial charge in [-0.3, -0.25) is 9.59 Å². The highest BCUT2D eigenvalue weighted by molar-refractivity contribution is 5.96. The van der Waals surface area contributed by atoms with Crippen LogP contribution in [0.25, 0.3) is 0 Å². The maximum Gasteiger partial charge on any atom is 0.257 e. The van der Waals surface area contributed by atoms with Crippen molar-refractivity contribution in [1.82, 2.24) is 9.80 Å². The normalized spacial score (nSPS) is 20.1. The molecule has 0 bridgehead atoms. The molecule has 1 aliphatic heterocycles. The molecule has 2 amide bonds. The van der Waals surface area contributed by atoms with Gasteiger partial charge in [0, 0.05) is 19.1 Å². The molecule has 1 atom stereocenters. The molecule has 0 N–H and O–H groups in total. The van der Waals surface area contributed by atoms with Gasteiger partial charge >= 0.3 is 0 Å². The third-order valence-corrected chi connectivity index (χ3v) is 4.97. The number of carbonyl (C=O) groups is 2. The molecule has 2 aliphatic rings. The summed E-state index contributed by atoms with van der Waals surface area (Å²) in [4.78, 5) is 29.3. The van der Waals surface area contributed by atoms with Crippen molar-refractivity contribution in [3.63, 3.8) is 0 Å². The number of hydrogen-bond acceptors (Lipinski definition) is 4. The van der Waals surface area contributed by atoms with Crippen LogP contribution in [0.4, 0.5) is 0 Å². The van der Waals surface area contributed by atoms with Gasteiger partial charge in [0.25, 0.3) is 11.8 Å². The van der Waals surface area contributed by atoms with Crippen LogP contribution in [0.5, 0.6) is 0 Å². The quantitative estimate of drug-likeness (QED) is 0.857. The van der Waals surface area contributed by atoms with E-state index in [1.165, 1.54) is 12.5 Å². The highest BCUT2D eigenvalue weighted by Crippen LogP contribution is 2.33. The van der Waals surface area contributed by atoms with Gasteiger partial charge in [-0.05, 0) is 45.2 Å². The standard InChI is InChI=1S/C19H22N2O4/c1-12-7-14(10-24-12)18(22)20-6-5-17(9-20)21(16-3-4-16)19(23)15-8-13(2)25-11-15/h7-8,10-11,16-17H,3-6,9H2,1-2H3/t17-/m1/s1. The topological polar surface area (TPSA) is 66.9 Å². The van der Waals surface area contributed by atoms with Crippen LogP contribution in [0.2, 0.25) is 0 Å². The molecule has 6 nitrogen and oxygen atoms in total. The summed E-state index contributed by atoms with van der Waals surface area (Å²) in [5.74, 6) is 1.45. The van der Waals surface area contributed by atoms with Crippen molar-refractivity contribution in [3.8, 4) is 0 Å². The second-order valence-electron chi connectivity index (χ2n) is 7.03. The summed E-state index contributed by atoms with van der Waals surface area (Å²) in [7, 11) is 0. The molecule has 0 spiro atoms. The molecule has 0 radical (unpaired) electrons. The number of furan rings is 2. The van der Waals surface area contributed by atoms with Crippen LogP contribution in [-0.2, 0) is 0 Å². The summed E-state index contributed by atoms with van der Waals surface area (Å²) >= 11 is 0. The van der Waals surface area contributed by atoms with Crippen LogP contribution in [0, 0.1) is 13.8 Å². The fourth-order valence-corrected chi connectivity index (χ4v) is 3.58. The monoisotopic (exact) mass is 342 g/mol. The Bertz CT molecular complexity index is 802. The Morgan fingerprint density at radius 3 is 2.20 bits per heavy atom. The number of rotatable bonds is 4. The zero-order chi connectivity index (χ0) is 17.6. The highest BCUT2D eigenvalue weighted by Gasteiger charge is 2.41. The minimum atomic E-state index is -0.0262. The van der Waals surface area contributed by atoms with E-state index >= 15 is 0 Å². The lowest BCUT2D eigenvalue weighted by molar-refractivity contribution is 0.0640. The molecule has 25 heavy (non-hydrogen) atoms. The summed E-state index contributed by atoms with van der Waals surface area (Å²) in [5, 5.41) is 0. The Morgan fingerprint density at radius 2 is 1.64 bits per heavy atom. The van der Waals surface area contributed by atoms with Gasteiger partial charge in [0.1, 0.15) is 24.0 Å². The highest BCUT2D eigenvalue weighted by atomic mass is 16.3. The lowest BCUT2D eigenvalue weighted by atomic mass is 10.1. The molecule has 132 valence electrons. The summed E-state index contributed by atoms with van der Waals surface area (Å²) in [5.41, 5.74) is 1.17. The number of hydrogen-bond donors (Lipinski definition) is 0. The van der Waals surface area contributed by atoms with E-state index in [1.54, 1.807) is 12.1 Å². The number of aryl methyl sites for hydroxylation is 2. The number of amides is 2. The van der Waals surface area contributed by atoms with E-state index in [9.17, 15) is 9.59 Å². The summed E-state index contributed by atoms with van der Waals surface area (Å²) in [6, 6.07) is 3.89. The van der Waals surface area contributed by atoms with E-state index in [0.29, 0.717) is 30.3 Å². The van der Waals surface area contributed by atoms with Crippen molar-refractivity contribution >= 4 is 11.8 Å². The van der Waals surface area contributed by atoms with Gasteiger partial charge in [0.05, 0.1) is 17.2 Å². The zero-order valence-corrected chi connectivity index (χ0v) is 14.5. The number of carbonyl (C=O) groups excluding carboxylic acids is 2. The van der Waals surface area contributed by atoms with Gasteiger partial charge in [0.15, 0.2) is 0 Å². The minimum absolute atomic E-state index is 0.0119. The van der Waals surface area contributed by atoms with Gasteiger partial charge in [-0.1, -0.05) is 0 Å². The second kappa shape index (κ2) is 6.10. The van der Waals surface area contributed by atoms with Gasteiger partial charge in [-0.2, -0.15) is 0 Å². The van der Waals surface area contributed by atoms with Crippen molar-refractivity contribution in [3.05, 3.63) is 47.3 Å². The molecule has 6 heteroatoms. The van der Waals surface area contributed by atoms with E-state index in [2.05, 4.69) is 0 Å². The molecule has 4 rings (SSSR count). The maximum atomic E-state index is 12.9.